The summed E-state index contributed by atoms with van der Waals surface area (Å²) >= 11 is 0. The largest absolute Gasteiger partial charge is 0.497 e. The number of ether oxygens (including phenoxy) is 2. The minimum absolute atomic E-state index is 0.0756. The number of amides is 2. The zero-order chi connectivity index (χ0) is 20.2. The van der Waals surface area contributed by atoms with Crippen LogP contribution in [0.1, 0.15) is 24.8 Å². The lowest BCUT2D eigenvalue weighted by Crippen LogP contribution is -2.47. The van der Waals surface area contributed by atoms with Crippen molar-refractivity contribution in [1.29, 1.82) is 0 Å². The van der Waals surface area contributed by atoms with Crippen LogP contribution in [0.2, 0.25) is 0 Å². The van der Waals surface area contributed by atoms with E-state index in [9.17, 15) is 9.59 Å². The van der Waals surface area contributed by atoms with Crippen LogP contribution in [-0.4, -0.2) is 48.6 Å². The Morgan fingerprint density at radius 1 is 1.07 bits per heavy atom. The van der Waals surface area contributed by atoms with Crippen molar-refractivity contribution in [2.45, 2.75) is 43.9 Å². The first kappa shape index (κ1) is 19.3. The van der Waals surface area contributed by atoms with Crippen LogP contribution >= 0.6 is 0 Å². The molecule has 0 aromatic heterocycles. The minimum atomic E-state index is -0.498. The quantitative estimate of drug-likeness (QED) is 0.784. The number of hydrogen-bond donors (Lipinski definition) is 1. The van der Waals surface area contributed by atoms with E-state index in [1.54, 1.807) is 12.0 Å². The molecule has 0 bridgehead atoms. The summed E-state index contributed by atoms with van der Waals surface area (Å²) in [5.74, 6) is 1.31. The maximum Gasteiger partial charge on any atom is 0.243 e. The third-order valence-electron chi connectivity index (χ3n) is 5.34. The van der Waals surface area contributed by atoms with E-state index in [2.05, 4.69) is 5.32 Å². The second-order valence-corrected chi connectivity index (χ2v) is 7.66. The molecule has 1 heterocycles. The van der Waals surface area contributed by atoms with Gasteiger partial charge in [-0.25, -0.2) is 0 Å². The first-order valence-electron chi connectivity index (χ1n) is 10.1. The maximum absolute atomic E-state index is 13.1. The van der Waals surface area contributed by atoms with E-state index in [0.29, 0.717) is 18.7 Å². The predicted molar refractivity (Wildman–Crippen MR) is 109 cm³/mol. The second-order valence-electron chi connectivity index (χ2n) is 7.66. The Labute approximate surface area is 170 Å². The lowest BCUT2D eigenvalue weighted by molar-refractivity contribution is -0.138. The molecule has 1 aliphatic carbocycles. The zero-order valence-electron chi connectivity index (χ0n) is 16.5. The van der Waals surface area contributed by atoms with Crippen LogP contribution in [0.4, 0.5) is 0 Å². The van der Waals surface area contributed by atoms with Crippen LogP contribution in [0.3, 0.4) is 0 Å². The summed E-state index contributed by atoms with van der Waals surface area (Å²) in [5.41, 5.74) is 0.864. The molecule has 2 aliphatic rings. The molecule has 0 spiro atoms. The van der Waals surface area contributed by atoms with Crippen LogP contribution in [0, 0.1) is 0 Å². The highest BCUT2D eigenvalue weighted by atomic mass is 16.5. The van der Waals surface area contributed by atoms with Gasteiger partial charge >= 0.3 is 0 Å². The Kier molecular flexibility index (Phi) is 5.69. The molecule has 1 saturated heterocycles. The van der Waals surface area contributed by atoms with Crippen LogP contribution in [-0.2, 0) is 16.0 Å². The number of nitrogens with one attached hydrogen (secondary N) is 1. The van der Waals surface area contributed by atoms with E-state index >= 15 is 0 Å². The van der Waals surface area contributed by atoms with Gasteiger partial charge in [0.25, 0.3) is 0 Å². The highest BCUT2D eigenvalue weighted by Crippen LogP contribution is 2.26. The number of benzene rings is 2. The molecule has 2 aromatic carbocycles. The molecule has 1 aliphatic heterocycles. The van der Waals surface area contributed by atoms with Gasteiger partial charge in [0.1, 0.15) is 23.6 Å². The number of nitrogens with zero attached hydrogens (tertiary/aromatic N) is 1. The predicted octanol–water partition coefficient (Wildman–Crippen LogP) is 2.56. The summed E-state index contributed by atoms with van der Waals surface area (Å²) in [4.78, 5) is 27.5. The minimum Gasteiger partial charge on any atom is -0.497 e. The number of rotatable bonds is 7. The van der Waals surface area contributed by atoms with Gasteiger partial charge < -0.3 is 19.7 Å². The average molecular weight is 394 g/mol. The Bertz CT molecular complexity index is 866. The molecule has 1 saturated carbocycles. The Hall–Kier alpha value is -3.02. The fraction of sp³-hybridized carbons (Fsp3) is 0.391. The molecular weight excluding hydrogens is 368 g/mol. The van der Waals surface area contributed by atoms with Crippen molar-refractivity contribution in [3.63, 3.8) is 0 Å². The summed E-state index contributed by atoms with van der Waals surface area (Å²) in [7, 11) is 1.60. The fourth-order valence-corrected chi connectivity index (χ4v) is 3.68. The molecule has 6 heteroatoms. The van der Waals surface area contributed by atoms with Crippen LogP contribution in [0.25, 0.3) is 0 Å². The molecule has 29 heavy (non-hydrogen) atoms. The first-order chi connectivity index (χ1) is 14.1. The van der Waals surface area contributed by atoms with Gasteiger partial charge in [-0.3, -0.25) is 9.59 Å². The summed E-state index contributed by atoms with van der Waals surface area (Å²) in [6.45, 7) is 0.403. The molecule has 4 rings (SSSR count). The third kappa shape index (κ3) is 4.88. The highest BCUT2D eigenvalue weighted by molar-refractivity contribution is 5.89. The van der Waals surface area contributed by atoms with E-state index in [1.165, 1.54) is 0 Å². The van der Waals surface area contributed by atoms with Crippen molar-refractivity contribution in [2.24, 2.45) is 0 Å². The van der Waals surface area contributed by atoms with Gasteiger partial charge in [-0.2, -0.15) is 0 Å². The third-order valence-corrected chi connectivity index (χ3v) is 5.34. The van der Waals surface area contributed by atoms with E-state index < -0.39 is 6.04 Å². The standard InChI is InChI=1S/C23H26N2O4/c1-28-19-9-5-6-16(12-19)13-22(26)25-15-20(29-18-7-3-2-4-8-18)14-21(25)23(27)24-17-10-11-17/h2-9,12,17,20-21H,10-11,13-15H2,1H3,(H,24,27)/t20-,21-/m0/s1. The Balaban J connectivity index is 1.47. The molecule has 2 amide bonds. The zero-order valence-corrected chi connectivity index (χ0v) is 16.5. The number of carbonyl (C=O) groups is 2. The molecule has 2 atom stereocenters. The SMILES string of the molecule is COc1cccc(CC(=O)N2C[C@@H](Oc3ccccc3)C[C@H]2C(=O)NC2CC2)c1. The van der Waals surface area contributed by atoms with Crippen molar-refractivity contribution in [3.8, 4) is 11.5 Å². The highest BCUT2D eigenvalue weighted by Gasteiger charge is 2.41. The lowest BCUT2D eigenvalue weighted by Gasteiger charge is -2.23. The molecular formula is C23H26N2O4. The Morgan fingerprint density at radius 2 is 1.83 bits per heavy atom. The van der Waals surface area contributed by atoms with Gasteiger partial charge in [0, 0.05) is 12.5 Å². The number of likely N-dealkylation sites (tertiary alicyclic amines) is 1. The van der Waals surface area contributed by atoms with Gasteiger partial charge in [0.15, 0.2) is 0 Å². The molecule has 152 valence electrons. The van der Waals surface area contributed by atoms with Crippen LogP contribution in [0.5, 0.6) is 11.5 Å². The van der Waals surface area contributed by atoms with Crippen molar-refractivity contribution < 1.29 is 19.1 Å². The average Bonchev–Trinajstić information content (AvgIpc) is 3.45. The second kappa shape index (κ2) is 8.55. The van der Waals surface area contributed by atoms with E-state index in [-0.39, 0.29) is 30.4 Å². The normalized spacial score (nSPS) is 20.9. The molecule has 1 N–H and O–H groups in total. The smallest absolute Gasteiger partial charge is 0.243 e. The molecule has 0 unspecified atom stereocenters. The lowest BCUT2D eigenvalue weighted by atomic mass is 10.1. The summed E-state index contributed by atoms with van der Waals surface area (Å²) in [5, 5.41) is 3.04. The van der Waals surface area contributed by atoms with E-state index in [4.69, 9.17) is 9.47 Å². The number of para-hydroxylation sites is 1. The van der Waals surface area contributed by atoms with Gasteiger partial charge in [-0.05, 0) is 42.7 Å². The summed E-state index contributed by atoms with van der Waals surface area (Å²) in [6, 6.07) is 16.7. The van der Waals surface area contributed by atoms with Gasteiger partial charge in [-0.1, -0.05) is 30.3 Å². The van der Waals surface area contributed by atoms with E-state index in [1.807, 2.05) is 54.6 Å². The summed E-state index contributed by atoms with van der Waals surface area (Å²) < 4.78 is 11.3. The van der Waals surface area contributed by atoms with Crippen LogP contribution < -0.4 is 14.8 Å². The number of carbonyl (C=O) groups excluding carboxylic acids is 2. The van der Waals surface area contributed by atoms with Crippen molar-refractivity contribution in [1.82, 2.24) is 10.2 Å². The van der Waals surface area contributed by atoms with Gasteiger partial charge in [0.05, 0.1) is 20.1 Å². The molecule has 2 fully saturated rings. The maximum atomic E-state index is 13.1. The first-order valence-corrected chi connectivity index (χ1v) is 10.1. The van der Waals surface area contributed by atoms with Crippen LogP contribution in [0.15, 0.2) is 54.6 Å². The molecule has 6 nitrogen and oxygen atoms in total. The molecule has 0 radical (unpaired) electrons. The monoisotopic (exact) mass is 394 g/mol. The van der Waals surface area contributed by atoms with Crippen molar-refractivity contribution >= 4 is 11.8 Å². The topological polar surface area (TPSA) is 67.9 Å². The van der Waals surface area contributed by atoms with E-state index in [0.717, 1.165) is 24.2 Å². The van der Waals surface area contributed by atoms with Crippen molar-refractivity contribution in [3.05, 3.63) is 60.2 Å². The fourth-order valence-electron chi connectivity index (χ4n) is 3.68. The van der Waals surface area contributed by atoms with Crippen molar-refractivity contribution in [2.75, 3.05) is 13.7 Å². The number of methoxy groups -OCH3 is 1. The molecule has 2 aromatic rings. The summed E-state index contributed by atoms with van der Waals surface area (Å²) in [6.07, 6.45) is 2.54. The Morgan fingerprint density at radius 3 is 2.55 bits per heavy atom. The van der Waals surface area contributed by atoms with Gasteiger partial charge in [-0.15, -0.1) is 0 Å². The number of hydrogen-bond acceptors (Lipinski definition) is 4. The van der Waals surface area contributed by atoms with Gasteiger partial charge in [0.2, 0.25) is 11.8 Å².